The van der Waals surface area contributed by atoms with Gasteiger partial charge in [0, 0.05) is 38.4 Å². The predicted molar refractivity (Wildman–Crippen MR) is 89.2 cm³/mol. The van der Waals surface area contributed by atoms with E-state index in [1.807, 2.05) is 32.3 Å². The molecule has 1 saturated heterocycles. The summed E-state index contributed by atoms with van der Waals surface area (Å²) >= 11 is 0. The number of carbonyl (C=O) groups excluding carboxylic acids is 1. The van der Waals surface area contributed by atoms with Crippen molar-refractivity contribution in [3.8, 4) is 0 Å². The summed E-state index contributed by atoms with van der Waals surface area (Å²) in [5.41, 5.74) is 3.17. The fraction of sp³-hybridized carbons (Fsp3) is 0.611. The maximum atomic E-state index is 12.5. The molecule has 3 nitrogen and oxygen atoms in total. The number of nitrogens with zero attached hydrogens (tertiary/aromatic N) is 2. The Kier molecular flexibility index (Phi) is 5.04. The summed E-state index contributed by atoms with van der Waals surface area (Å²) in [7, 11) is 4.06. The lowest BCUT2D eigenvalue weighted by Crippen LogP contribution is -2.41. The molecule has 0 aromatic heterocycles. The van der Waals surface area contributed by atoms with E-state index in [0.717, 1.165) is 24.2 Å². The number of anilines is 1. The summed E-state index contributed by atoms with van der Waals surface area (Å²) in [6.07, 6.45) is 1.28. The Morgan fingerprint density at radius 1 is 1.24 bits per heavy atom. The maximum Gasteiger partial charge on any atom is 0.176 e. The number of likely N-dealkylation sites (tertiary alicyclic amines) is 1. The molecule has 116 valence electrons. The van der Waals surface area contributed by atoms with Gasteiger partial charge in [-0.15, -0.1) is 0 Å². The van der Waals surface area contributed by atoms with E-state index in [9.17, 15) is 4.79 Å². The van der Waals surface area contributed by atoms with E-state index < -0.39 is 0 Å². The number of hydrogen-bond donors (Lipinski definition) is 0. The van der Waals surface area contributed by atoms with Gasteiger partial charge in [0.05, 0.1) is 6.54 Å². The number of carbonyl (C=O) groups is 1. The lowest BCUT2D eigenvalue weighted by molar-refractivity contribution is 0.0849. The van der Waals surface area contributed by atoms with Gasteiger partial charge < -0.3 is 4.90 Å². The fourth-order valence-corrected chi connectivity index (χ4v) is 3.55. The van der Waals surface area contributed by atoms with Crippen LogP contribution in [0.4, 0.5) is 5.69 Å². The second-order valence-corrected chi connectivity index (χ2v) is 6.96. The summed E-state index contributed by atoms with van der Waals surface area (Å²) in [6, 6.07) is 6.03. The highest BCUT2D eigenvalue weighted by Crippen LogP contribution is 2.22. The molecule has 21 heavy (non-hydrogen) atoms. The molecule has 1 aromatic carbocycles. The molecular weight excluding hydrogens is 260 g/mol. The average molecular weight is 288 g/mol. The predicted octanol–water partition coefficient (Wildman–Crippen LogP) is 3.22. The lowest BCUT2D eigenvalue weighted by atomic mass is 9.91. The highest BCUT2D eigenvalue weighted by molar-refractivity contribution is 5.98. The van der Waals surface area contributed by atoms with Gasteiger partial charge in [0.15, 0.2) is 5.78 Å². The molecule has 3 heteroatoms. The van der Waals surface area contributed by atoms with Crippen molar-refractivity contribution in [2.45, 2.75) is 27.2 Å². The van der Waals surface area contributed by atoms with E-state index in [2.05, 4.69) is 30.6 Å². The topological polar surface area (TPSA) is 23.6 Å². The summed E-state index contributed by atoms with van der Waals surface area (Å²) in [5, 5.41) is 0. The number of rotatable bonds is 4. The van der Waals surface area contributed by atoms with E-state index in [-0.39, 0.29) is 5.78 Å². The molecule has 1 aromatic rings. The van der Waals surface area contributed by atoms with Gasteiger partial charge in [-0.2, -0.15) is 0 Å². The Bertz CT molecular complexity index is 500. The second-order valence-electron chi connectivity index (χ2n) is 6.96. The standard InChI is InChI=1S/C18H28N2O/c1-13-8-14(2)11-20(10-13)12-18(21)16-6-7-17(19(4)5)15(3)9-16/h6-7,9,13-14H,8,10-12H2,1-5H3. The van der Waals surface area contributed by atoms with Crippen LogP contribution in [0.5, 0.6) is 0 Å². The van der Waals surface area contributed by atoms with Crippen LogP contribution in [0.2, 0.25) is 0 Å². The largest absolute Gasteiger partial charge is 0.377 e. The normalized spacial score (nSPS) is 23.1. The van der Waals surface area contributed by atoms with Gasteiger partial charge in [-0.1, -0.05) is 13.8 Å². The fourth-order valence-electron chi connectivity index (χ4n) is 3.55. The maximum absolute atomic E-state index is 12.5. The molecule has 2 atom stereocenters. The van der Waals surface area contributed by atoms with Gasteiger partial charge in [-0.25, -0.2) is 0 Å². The molecular formula is C18H28N2O. The van der Waals surface area contributed by atoms with Crippen LogP contribution in [0.1, 0.15) is 36.2 Å². The van der Waals surface area contributed by atoms with Crippen molar-refractivity contribution in [2.24, 2.45) is 11.8 Å². The Labute approximate surface area is 128 Å². The zero-order valence-electron chi connectivity index (χ0n) is 14.0. The lowest BCUT2D eigenvalue weighted by Gasteiger charge is -2.34. The zero-order valence-corrected chi connectivity index (χ0v) is 14.0. The number of Topliss-reactive ketones (excluding diaryl/α,β-unsaturated/α-hetero) is 1. The third-order valence-corrected chi connectivity index (χ3v) is 4.31. The smallest absolute Gasteiger partial charge is 0.176 e. The number of benzene rings is 1. The molecule has 0 spiro atoms. The van der Waals surface area contributed by atoms with E-state index >= 15 is 0 Å². The summed E-state index contributed by atoms with van der Waals surface area (Å²) in [5.74, 6) is 1.63. The van der Waals surface area contributed by atoms with E-state index in [4.69, 9.17) is 0 Å². The quantitative estimate of drug-likeness (QED) is 0.795. The van der Waals surface area contributed by atoms with Crippen LogP contribution in [0.25, 0.3) is 0 Å². The van der Waals surface area contributed by atoms with Crippen LogP contribution in [-0.4, -0.2) is 44.4 Å². The molecule has 0 saturated carbocycles. The molecule has 1 aliphatic rings. The monoisotopic (exact) mass is 288 g/mol. The minimum Gasteiger partial charge on any atom is -0.377 e. The zero-order chi connectivity index (χ0) is 15.6. The highest BCUT2D eigenvalue weighted by Gasteiger charge is 2.23. The van der Waals surface area contributed by atoms with Crippen molar-refractivity contribution in [3.63, 3.8) is 0 Å². The number of aryl methyl sites for hydroxylation is 1. The van der Waals surface area contributed by atoms with Crippen LogP contribution in [0.3, 0.4) is 0 Å². The number of ketones is 1. The van der Waals surface area contributed by atoms with Gasteiger partial charge in [0.25, 0.3) is 0 Å². The van der Waals surface area contributed by atoms with Gasteiger partial charge in [0.2, 0.25) is 0 Å². The molecule has 0 bridgehead atoms. The van der Waals surface area contributed by atoms with Crippen LogP contribution >= 0.6 is 0 Å². The third-order valence-electron chi connectivity index (χ3n) is 4.31. The second kappa shape index (κ2) is 6.61. The molecule has 0 N–H and O–H groups in total. The van der Waals surface area contributed by atoms with Crippen molar-refractivity contribution in [1.82, 2.24) is 4.90 Å². The van der Waals surface area contributed by atoms with Crippen molar-refractivity contribution in [3.05, 3.63) is 29.3 Å². The molecule has 2 rings (SSSR count). The Morgan fingerprint density at radius 3 is 2.38 bits per heavy atom. The SMILES string of the molecule is Cc1cc(C(=O)CN2CC(C)CC(C)C2)ccc1N(C)C. The molecule has 1 fully saturated rings. The van der Waals surface area contributed by atoms with Crippen LogP contribution < -0.4 is 4.90 Å². The van der Waals surface area contributed by atoms with Crippen LogP contribution in [0, 0.1) is 18.8 Å². The highest BCUT2D eigenvalue weighted by atomic mass is 16.1. The van der Waals surface area contributed by atoms with Crippen LogP contribution in [-0.2, 0) is 0 Å². The van der Waals surface area contributed by atoms with Gasteiger partial charge in [-0.3, -0.25) is 9.69 Å². The first-order valence-electron chi connectivity index (χ1n) is 7.90. The molecule has 2 unspecified atom stereocenters. The van der Waals surface area contributed by atoms with Crippen molar-refractivity contribution in [1.29, 1.82) is 0 Å². The molecule has 0 radical (unpaired) electrons. The Hall–Kier alpha value is -1.35. The van der Waals surface area contributed by atoms with E-state index in [1.165, 1.54) is 12.1 Å². The molecule has 0 aliphatic carbocycles. The van der Waals surface area contributed by atoms with Gasteiger partial charge in [0.1, 0.15) is 0 Å². The first-order chi connectivity index (χ1) is 9.86. The summed E-state index contributed by atoms with van der Waals surface area (Å²) in [6.45, 7) is 9.27. The first-order valence-corrected chi connectivity index (χ1v) is 7.90. The minimum absolute atomic E-state index is 0.240. The van der Waals surface area contributed by atoms with Crippen molar-refractivity contribution in [2.75, 3.05) is 38.6 Å². The minimum atomic E-state index is 0.240. The summed E-state index contributed by atoms with van der Waals surface area (Å²) in [4.78, 5) is 16.9. The molecule has 1 heterocycles. The van der Waals surface area contributed by atoms with Gasteiger partial charge in [-0.05, 0) is 48.9 Å². The van der Waals surface area contributed by atoms with E-state index in [0.29, 0.717) is 18.4 Å². The average Bonchev–Trinajstić information content (AvgIpc) is 2.36. The number of hydrogen-bond acceptors (Lipinski definition) is 3. The van der Waals surface area contributed by atoms with Crippen LogP contribution in [0.15, 0.2) is 18.2 Å². The molecule has 1 aliphatic heterocycles. The van der Waals surface area contributed by atoms with Crippen molar-refractivity contribution < 1.29 is 4.79 Å². The third kappa shape index (κ3) is 4.07. The first kappa shape index (κ1) is 16.0. The Balaban J connectivity index is 2.05. The Morgan fingerprint density at radius 2 is 1.86 bits per heavy atom. The summed E-state index contributed by atoms with van der Waals surface area (Å²) < 4.78 is 0. The van der Waals surface area contributed by atoms with E-state index in [1.54, 1.807) is 0 Å². The molecule has 0 amide bonds. The van der Waals surface area contributed by atoms with Crippen molar-refractivity contribution >= 4 is 11.5 Å². The van der Waals surface area contributed by atoms with Gasteiger partial charge >= 0.3 is 0 Å². The number of piperidine rings is 1.